The Kier molecular flexibility index (Phi) is 4.33. The molecule has 0 fully saturated rings. The third-order valence-corrected chi connectivity index (χ3v) is 3.02. The second kappa shape index (κ2) is 5.98. The van der Waals surface area contributed by atoms with Gasteiger partial charge in [0.05, 0.1) is 0 Å². The summed E-state index contributed by atoms with van der Waals surface area (Å²) >= 11 is 3.39. The molecule has 1 heterocycles. The Morgan fingerprint density at radius 2 is 2.00 bits per heavy atom. The molecule has 0 spiro atoms. The SMILES string of the molecule is CNCc1cnc(Oc2ccc(Br)cc2)c(C)c1. The quantitative estimate of drug-likeness (QED) is 0.936. The van der Waals surface area contributed by atoms with Crippen LogP contribution in [0.3, 0.4) is 0 Å². The van der Waals surface area contributed by atoms with Crippen LogP contribution in [0.2, 0.25) is 0 Å². The molecular formula is C14H15BrN2O. The average Bonchev–Trinajstić information content (AvgIpc) is 2.36. The van der Waals surface area contributed by atoms with E-state index in [1.807, 2.05) is 44.4 Å². The van der Waals surface area contributed by atoms with Crippen LogP contribution in [0.15, 0.2) is 41.0 Å². The molecule has 0 amide bonds. The van der Waals surface area contributed by atoms with Gasteiger partial charge in [0.1, 0.15) is 5.75 Å². The van der Waals surface area contributed by atoms with Gasteiger partial charge in [-0.3, -0.25) is 0 Å². The normalized spacial score (nSPS) is 10.4. The van der Waals surface area contributed by atoms with E-state index in [1.165, 1.54) is 0 Å². The van der Waals surface area contributed by atoms with Gasteiger partial charge in [0.25, 0.3) is 0 Å². The number of hydrogen-bond donors (Lipinski definition) is 1. The first-order chi connectivity index (χ1) is 8.69. The van der Waals surface area contributed by atoms with Crippen LogP contribution in [-0.4, -0.2) is 12.0 Å². The Hall–Kier alpha value is -1.39. The van der Waals surface area contributed by atoms with Crippen molar-refractivity contribution >= 4 is 15.9 Å². The summed E-state index contributed by atoms with van der Waals surface area (Å²) in [6, 6.07) is 9.79. The third-order valence-electron chi connectivity index (χ3n) is 2.50. The van der Waals surface area contributed by atoms with E-state index in [2.05, 4.69) is 32.3 Å². The molecule has 0 aliphatic heterocycles. The van der Waals surface area contributed by atoms with Crippen LogP contribution >= 0.6 is 15.9 Å². The second-order valence-electron chi connectivity index (χ2n) is 4.05. The first-order valence-electron chi connectivity index (χ1n) is 5.72. The summed E-state index contributed by atoms with van der Waals surface area (Å²) in [6.07, 6.45) is 1.83. The van der Waals surface area contributed by atoms with Crippen molar-refractivity contribution in [1.29, 1.82) is 0 Å². The molecule has 2 aromatic rings. The Bertz CT molecular complexity index is 526. The van der Waals surface area contributed by atoms with Gasteiger partial charge < -0.3 is 10.1 Å². The molecule has 0 unspecified atom stereocenters. The number of pyridine rings is 1. The van der Waals surface area contributed by atoms with Gasteiger partial charge in [-0.1, -0.05) is 15.9 Å². The zero-order valence-electron chi connectivity index (χ0n) is 10.4. The van der Waals surface area contributed by atoms with Crippen molar-refractivity contribution in [2.75, 3.05) is 7.05 Å². The van der Waals surface area contributed by atoms with Crippen LogP contribution in [0, 0.1) is 6.92 Å². The lowest BCUT2D eigenvalue weighted by atomic mass is 10.2. The Balaban J connectivity index is 2.16. The number of rotatable bonds is 4. The summed E-state index contributed by atoms with van der Waals surface area (Å²) in [5.74, 6) is 1.44. The van der Waals surface area contributed by atoms with Gasteiger partial charge >= 0.3 is 0 Å². The van der Waals surface area contributed by atoms with E-state index in [0.717, 1.165) is 27.9 Å². The van der Waals surface area contributed by atoms with E-state index in [0.29, 0.717) is 5.88 Å². The van der Waals surface area contributed by atoms with Gasteiger partial charge in [-0.2, -0.15) is 0 Å². The molecule has 1 aromatic heterocycles. The molecule has 4 heteroatoms. The minimum atomic E-state index is 0.650. The predicted octanol–water partition coefficient (Wildman–Crippen LogP) is 3.66. The number of aromatic nitrogens is 1. The zero-order chi connectivity index (χ0) is 13.0. The summed E-state index contributed by atoms with van der Waals surface area (Å²) in [4.78, 5) is 4.34. The van der Waals surface area contributed by atoms with E-state index in [1.54, 1.807) is 0 Å². The van der Waals surface area contributed by atoms with Gasteiger partial charge in [0.2, 0.25) is 5.88 Å². The summed E-state index contributed by atoms with van der Waals surface area (Å²) in [6.45, 7) is 2.81. The molecule has 3 nitrogen and oxygen atoms in total. The molecule has 0 aliphatic rings. The molecular weight excluding hydrogens is 292 g/mol. The van der Waals surface area contributed by atoms with Crippen molar-refractivity contribution in [2.24, 2.45) is 0 Å². The number of benzene rings is 1. The van der Waals surface area contributed by atoms with E-state index in [4.69, 9.17) is 4.74 Å². The fourth-order valence-electron chi connectivity index (χ4n) is 1.64. The molecule has 0 saturated heterocycles. The Morgan fingerprint density at radius 3 is 2.61 bits per heavy atom. The minimum Gasteiger partial charge on any atom is -0.439 e. The number of ether oxygens (including phenoxy) is 1. The highest BCUT2D eigenvalue weighted by molar-refractivity contribution is 9.10. The lowest BCUT2D eigenvalue weighted by Gasteiger charge is -2.09. The third kappa shape index (κ3) is 3.31. The van der Waals surface area contributed by atoms with Gasteiger partial charge in [-0.15, -0.1) is 0 Å². The van der Waals surface area contributed by atoms with E-state index < -0.39 is 0 Å². The van der Waals surface area contributed by atoms with Crippen molar-refractivity contribution in [1.82, 2.24) is 10.3 Å². The number of nitrogens with one attached hydrogen (secondary N) is 1. The molecule has 0 saturated carbocycles. The van der Waals surface area contributed by atoms with Crippen molar-refractivity contribution in [2.45, 2.75) is 13.5 Å². The molecule has 0 bridgehead atoms. The maximum atomic E-state index is 5.74. The fraction of sp³-hybridized carbons (Fsp3) is 0.214. The van der Waals surface area contributed by atoms with Gasteiger partial charge in [0, 0.05) is 22.8 Å². The summed E-state index contributed by atoms with van der Waals surface area (Å²) in [5.41, 5.74) is 2.18. The van der Waals surface area contributed by atoms with Gasteiger partial charge in [0.15, 0.2) is 0 Å². The first kappa shape index (κ1) is 13.1. The van der Waals surface area contributed by atoms with Crippen molar-refractivity contribution in [3.63, 3.8) is 0 Å². The summed E-state index contributed by atoms with van der Waals surface area (Å²) in [7, 11) is 1.92. The highest BCUT2D eigenvalue weighted by Crippen LogP contribution is 2.24. The summed E-state index contributed by atoms with van der Waals surface area (Å²) in [5, 5.41) is 3.10. The second-order valence-corrected chi connectivity index (χ2v) is 4.97. The Labute approximate surface area is 115 Å². The molecule has 0 radical (unpaired) electrons. The number of nitrogens with zero attached hydrogens (tertiary/aromatic N) is 1. The first-order valence-corrected chi connectivity index (χ1v) is 6.52. The predicted molar refractivity (Wildman–Crippen MR) is 76.0 cm³/mol. The maximum absolute atomic E-state index is 5.74. The topological polar surface area (TPSA) is 34.2 Å². The Morgan fingerprint density at radius 1 is 1.28 bits per heavy atom. The van der Waals surface area contributed by atoms with Crippen molar-refractivity contribution < 1.29 is 4.74 Å². The summed E-state index contributed by atoms with van der Waals surface area (Å²) < 4.78 is 6.78. The lowest BCUT2D eigenvalue weighted by Crippen LogP contribution is -2.06. The van der Waals surface area contributed by atoms with Crippen molar-refractivity contribution in [3.05, 3.63) is 52.1 Å². The van der Waals surface area contributed by atoms with Crippen LogP contribution < -0.4 is 10.1 Å². The minimum absolute atomic E-state index is 0.650. The van der Waals surface area contributed by atoms with Crippen LogP contribution in [0.25, 0.3) is 0 Å². The molecule has 0 aliphatic carbocycles. The molecule has 94 valence electrons. The van der Waals surface area contributed by atoms with Crippen molar-refractivity contribution in [3.8, 4) is 11.6 Å². The van der Waals surface area contributed by atoms with Crippen LogP contribution in [0.1, 0.15) is 11.1 Å². The molecule has 0 atom stereocenters. The standard InChI is InChI=1S/C14H15BrN2O/c1-10-7-11(8-16-2)9-17-14(10)18-13-5-3-12(15)4-6-13/h3-7,9,16H,8H2,1-2H3. The largest absolute Gasteiger partial charge is 0.439 e. The zero-order valence-corrected chi connectivity index (χ0v) is 12.0. The molecule has 18 heavy (non-hydrogen) atoms. The monoisotopic (exact) mass is 306 g/mol. The molecule has 1 N–H and O–H groups in total. The lowest BCUT2D eigenvalue weighted by molar-refractivity contribution is 0.458. The average molecular weight is 307 g/mol. The van der Waals surface area contributed by atoms with Crippen LogP contribution in [0.4, 0.5) is 0 Å². The highest BCUT2D eigenvalue weighted by atomic mass is 79.9. The highest BCUT2D eigenvalue weighted by Gasteiger charge is 2.04. The number of halogens is 1. The maximum Gasteiger partial charge on any atom is 0.222 e. The molecule has 2 rings (SSSR count). The fourth-order valence-corrected chi connectivity index (χ4v) is 1.91. The van der Waals surface area contributed by atoms with E-state index in [9.17, 15) is 0 Å². The number of aryl methyl sites for hydroxylation is 1. The smallest absolute Gasteiger partial charge is 0.222 e. The van der Waals surface area contributed by atoms with E-state index >= 15 is 0 Å². The van der Waals surface area contributed by atoms with E-state index in [-0.39, 0.29) is 0 Å². The number of hydrogen-bond acceptors (Lipinski definition) is 3. The van der Waals surface area contributed by atoms with Crippen LogP contribution in [-0.2, 0) is 6.54 Å². The molecule has 1 aromatic carbocycles. The van der Waals surface area contributed by atoms with Gasteiger partial charge in [-0.05, 0) is 49.9 Å². The van der Waals surface area contributed by atoms with Gasteiger partial charge in [-0.25, -0.2) is 4.98 Å². The van der Waals surface area contributed by atoms with Crippen LogP contribution in [0.5, 0.6) is 11.6 Å².